The quantitative estimate of drug-likeness (QED) is 0.829. The fourth-order valence-corrected chi connectivity index (χ4v) is 1.90. The van der Waals surface area contributed by atoms with E-state index in [1.807, 2.05) is 0 Å². The van der Waals surface area contributed by atoms with Crippen molar-refractivity contribution in [2.45, 2.75) is 18.7 Å². The van der Waals surface area contributed by atoms with Crippen LogP contribution < -0.4 is 5.32 Å². The van der Waals surface area contributed by atoms with E-state index in [1.165, 1.54) is 13.0 Å². The van der Waals surface area contributed by atoms with Gasteiger partial charge in [-0.1, -0.05) is 0 Å². The van der Waals surface area contributed by atoms with Crippen molar-refractivity contribution in [2.75, 3.05) is 11.6 Å². The molecule has 0 aliphatic heterocycles. The zero-order valence-corrected chi connectivity index (χ0v) is 9.68. The molecule has 5 heteroatoms. The summed E-state index contributed by atoms with van der Waals surface area (Å²) in [5, 5.41) is 2.62. The van der Waals surface area contributed by atoms with Gasteiger partial charge in [0.15, 0.2) is 9.84 Å². The number of aryl methyl sites for hydroxylation is 1. The Balaban J connectivity index is 3.15. The summed E-state index contributed by atoms with van der Waals surface area (Å²) < 4.78 is 22.5. The van der Waals surface area contributed by atoms with Gasteiger partial charge in [-0.25, -0.2) is 8.42 Å². The fraction of sp³-hybridized carbons (Fsp3) is 0.300. The smallest absolute Gasteiger partial charge is 0.221 e. The summed E-state index contributed by atoms with van der Waals surface area (Å²) in [5.41, 5.74) is 1.36. The fourth-order valence-electron chi connectivity index (χ4n) is 1.20. The number of hydrogen-bond donors (Lipinski definition) is 1. The van der Waals surface area contributed by atoms with E-state index in [2.05, 4.69) is 5.32 Å². The second-order valence-electron chi connectivity index (χ2n) is 3.43. The lowest BCUT2D eigenvalue weighted by Gasteiger charge is -2.07. The average Bonchev–Trinajstić information content (AvgIpc) is 2.05. The van der Waals surface area contributed by atoms with Crippen LogP contribution in [-0.4, -0.2) is 20.6 Å². The van der Waals surface area contributed by atoms with Crippen LogP contribution in [0.4, 0.5) is 5.69 Å². The largest absolute Gasteiger partial charge is 0.326 e. The Labute approximate surface area is 89.2 Å². The van der Waals surface area contributed by atoms with E-state index in [1.54, 1.807) is 19.1 Å². The third-order valence-corrected chi connectivity index (χ3v) is 3.05. The predicted molar refractivity (Wildman–Crippen MR) is 58.6 cm³/mol. The molecule has 4 nitrogen and oxygen atoms in total. The van der Waals surface area contributed by atoms with Crippen molar-refractivity contribution in [3.8, 4) is 0 Å². The molecule has 1 rings (SSSR count). The minimum absolute atomic E-state index is 0.176. The summed E-state index contributed by atoms with van der Waals surface area (Å²) in [6.45, 7) is 3.16. The number of nitrogens with one attached hydrogen (secondary N) is 1. The Morgan fingerprint density at radius 2 is 1.93 bits per heavy atom. The maximum Gasteiger partial charge on any atom is 0.221 e. The van der Waals surface area contributed by atoms with Crippen LogP contribution in [0, 0.1) is 6.92 Å². The molecular formula is C10H13NO3S. The van der Waals surface area contributed by atoms with Crippen molar-refractivity contribution in [1.82, 2.24) is 0 Å². The molecule has 0 saturated carbocycles. The second kappa shape index (κ2) is 4.02. The highest BCUT2D eigenvalue weighted by Gasteiger charge is 2.09. The van der Waals surface area contributed by atoms with Crippen LogP contribution in [-0.2, 0) is 14.6 Å². The van der Waals surface area contributed by atoms with E-state index in [-0.39, 0.29) is 10.8 Å². The molecule has 0 radical (unpaired) electrons. The molecule has 0 aromatic heterocycles. The molecule has 0 fully saturated rings. The Hall–Kier alpha value is -1.36. The summed E-state index contributed by atoms with van der Waals surface area (Å²) >= 11 is 0. The molecule has 0 heterocycles. The molecule has 0 saturated heterocycles. The van der Waals surface area contributed by atoms with Crippen LogP contribution in [0.2, 0.25) is 0 Å². The molecule has 0 aliphatic carbocycles. The van der Waals surface area contributed by atoms with E-state index in [9.17, 15) is 13.2 Å². The monoisotopic (exact) mass is 227 g/mol. The number of sulfone groups is 1. The van der Waals surface area contributed by atoms with Gasteiger partial charge in [-0.3, -0.25) is 4.79 Å². The Morgan fingerprint density at radius 3 is 2.33 bits per heavy atom. The molecule has 1 aromatic rings. The van der Waals surface area contributed by atoms with Crippen molar-refractivity contribution in [2.24, 2.45) is 0 Å². The molecule has 0 bridgehead atoms. The maximum atomic E-state index is 11.2. The summed E-state index contributed by atoms with van der Waals surface area (Å²) in [5.74, 6) is -0.176. The first-order valence-corrected chi connectivity index (χ1v) is 6.28. The molecule has 1 aromatic carbocycles. The number of amides is 1. The van der Waals surface area contributed by atoms with E-state index < -0.39 is 9.84 Å². The van der Waals surface area contributed by atoms with Gasteiger partial charge >= 0.3 is 0 Å². The van der Waals surface area contributed by atoms with Crippen LogP contribution >= 0.6 is 0 Å². The van der Waals surface area contributed by atoms with Crippen molar-refractivity contribution in [3.63, 3.8) is 0 Å². The van der Waals surface area contributed by atoms with E-state index in [4.69, 9.17) is 0 Å². The van der Waals surface area contributed by atoms with Gasteiger partial charge < -0.3 is 5.32 Å². The van der Waals surface area contributed by atoms with Crippen molar-refractivity contribution < 1.29 is 13.2 Å². The van der Waals surface area contributed by atoms with Crippen molar-refractivity contribution >= 4 is 21.4 Å². The number of hydrogen-bond acceptors (Lipinski definition) is 3. The minimum Gasteiger partial charge on any atom is -0.326 e. The van der Waals surface area contributed by atoms with Crippen LogP contribution in [0.3, 0.4) is 0 Å². The maximum absolute atomic E-state index is 11.2. The topological polar surface area (TPSA) is 63.2 Å². The summed E-state index contributed by atoms with van der Waals surface area (Å²) in [6.07, 6.45) is 1.15. The Bertz CT molecular complexity index is 491. The molecule has 0 unspecified atom stereocenters. The van der Waals surface area contributed by atoms with Gasteiger partial charge in [0.1, 0.15) is 0 Å². The SMILES string of the molecule is CC(=O)Nc1ccc(S(C)(=O)=O)cc1C. The second-order valence-corrected chi connectivity index (χ2v) is 5.45. The standard InChI is InChI=1S/C10H13NO3S/c1-7-6-9(15(3,13)14)4-5-10(7)11-8(2)12/h4-6H,1-3H3,(H,11,12). The van der Waals surface area contributed by atoms with Gasteiger partial charge in [0, 0.05) is 18.9 Å². The van der Waals surface area contributed by atoms with Gasteiger partial charge in [0.05, 0.1) is 4.90 Å². The molecule has 0 atom stereocenters. The lowest BCUT2D eigenvalue weighted by atomic mass is 10.2. The molecular weight excluding hydrogens is 214 g/mol. The molecule has 15 heavy (non-hydrogen) atoms. The first kappa shape index (κ1) is 11.7. The van der Waals surface area contributed by atoms with Crippen LogP contribution in [0.5, 0.6) is 0 Å². The Kier molecular flexibility index (Phi) is 3.14. The van der Waals surface area contributed by atoms with Crippen LogP contribution in [0.1, 0.15) is 12.5 Å². The molecule has 1 N–H and O–H groups in total. The lowest BCUT2D eigenvalue weighted by molar-refractivity contribution is -0.114. The zero-order valence-electron chi connectivity index (χ0n) is 8.87. The number of anilines is 1. The third kappa shape index (κ3) is 3.06. The first-order valence-electron chi connectivity index (χ1n) is 4.39. The van der Waals surface area contributed by atoms with Gasteiger partial charge in [-0.15, -0.1) is 0 Å². The highest BCUT2D eigenvalue weighted by molar-refractivity contribution is 7.90. The number of carbonyl (C=O) groups excluding carboxylic acids is 1. The molecule has 82 valence electrons. The minimum atomic E-state index is -3.18. The Morgan fingerprint density at radius 1 is 1.33 bits per heavy atom. The summed E-state index contributed by atoms with van der Waals surface area (Å²) in [7, 11) is -3.18. The lowest BCUT2D eigenvalue weighted by Crippen LogP contribution is -2.07. The highest BCUT2D eigenvalue weighted by atomic mass is 32.2. The summed E-state index contributed by atoms with van der Waals surface area (Å²) in [4.78, 5) is 11.1. The number of benzene rings is 1. The zero-order chi connectivity index (χ0) is 11.6. The van der Waals surface area contributed by atoms with E-state index >= 15 is 0 Å². The molecule has 1 amide bonds. The predicted octanol–water partition coefficient (Wildman–Crippen LogP) is 1.36. The highest BCUT2D eigenvalue weighted by Crippen LogP contribution is 2.19. The first-order chi connectivity index (χ1) is 6.80. The number of rotatable bonds is 2. The van der Waals surface area contributed by atoms with E-state index in [0.717, 1.165) is 11.8 Å². The van der Waals surface area contributed by atoms with Crippen molar-refractivity contribution in [3.05, 3.63) is 23.8 Å². The van der Waals surface area contributed by atoms with Gasteiger partial charge in [0.25, 0.3) is 0 Å². The van der Waals surface area contributed by atoms with Gasteiger partial charge in [0.2, 0.25) is 5.91 Å². The van der Waals surface area contributed by atoms with Crippen LogP contribution in [0.25, 0.3) is 0 Å². The van der Waals surface area contributed by atoms with Crippen LogP contribution in [0.15, 0.2) is 23.1 Å². The molecule has 0 aliphatic rings. The average molecular weight is 227 g/mol. The van der Waals surface area contributed by atoms with Gasteiger partial charge in [-0.2, -0.15) is 0 Å². The van der Waals surface area contributed by atoms with E-state index in [0.29, 0.717) is 5.69 Å². The number of carbonyl (C=O) groups is 1. The normalized spacial score (nSPS) is 11.1. The summed E-state index contributed by atoms with van der Waals surface area (Å²) in [6, 6.07) is 4.61. The van der Waals surface area contributed by atoms with Gasteiger partial charge in [-0.05, 0) is 30.7 Å². The molecule has 0 spiro atoms. The van der Waals surface area contributed by atoms with Crippen molar-refractivity contribution in [1.29, 1.82) is 0 Å². The third-order valence-electron chi connectivity index (χ3n) is 1.94.